The summed E-state index contributed by atoms with van der Waals surface area (Å²) in [5.74, 6) is 0. The number of aliphatic hydroxyl groups is 1. The van der Waals surface area contributed by atoms with E-state index in [1.807, 2.05) is 0 Å². The van der Waals surface area contributed by atoms with Gasteiger partial charge in [0.15, 0.2) is 0 Å². The molecule has 0 atom stereocenters. The van der Waals surface area contributed by atoms with Crippen molar-refractivity contribution in [2.75, 3.05) is 18.0 Å². The Bertz CT molecular complexity index is 316. The van der Waals surface area contributed by atoms with Gasteiger partial charge in [0.25, 0.3) is 0 Å². The zero-order chi connectivity index (χ0) is 9.97. The number of aryl methyl sites for hydroxylation is 1. The normalized spacial score (nSPS) is 16.3. The first kappa shape index (κ1) is 9.53. The van der Waals surface area contributed by atoms with E-state index in [0.29, 0.717) is 0 Å². The number of benzene rings is 1. The summed E-state index contributed by atoms with van der Waals surface area (Å²) in [4.78, 5) is 2.37. The van der Waals surface area contributed by atoms with E-state index < -0.39 is 0 Å². The summed E-state index contributed by atoms with van der Waals surface area (Å²) in [6, 6.07) is 6.33. The van der Waals surface area contributed by atoms with E-state index in [2.05, 4.69) is 30.0 Å². The van der Waals surface area contributed by atoms with Crippen LogP contribution in [-0.2, 0) is 6.61 Å². The number of anilines is 1. The van der Waals surface area contributed by atoms with Gasteiger partial charge in [-0.3, -0.25) is 0 Å². The molecule has 1 saturated heterocycles. The van der Waals surface area contributed by atoms with E-state index in [-0.39, 0.29) is 6.61 Å². The van der Waals surface area contributed by atoms with E-state index >= 15 is 0 Å². The lowest BCUT2D eigenvalue weighted by Crippen LogP contribution is -2.19. The average Bonchev–Trinajstić information content (AvgIpc) is 2.70. The second-order valence-corrected chi connectivity index (χ2v) is 3.98. The number of hydrogen-bond acceptors (Lipinski definition) is 2. The maximum atomic E-state index is 9.28. The molecule has 1 aliphatic rings. The van der Waals surface area contributed by atoms with Gasteiger partial charge in [0, 0.05) is 24.3 Å². The topological polar surface area (TPSA) is 23.5 Å². The van der Waals surface area contributed by atoms with Crippen LogP contribution in [0.4, 0.5) is 5.69 Å². The van der Waals surface area contributed by atoms with Crippen molar-refractivity contribution in [1.82, 2.24) is 0 Å². The molecule has 1 aromatic rings. The highest BCUT2D eigenvalue weighted by atomic mass is 16.3. The van der Waals surface area contributed by atoms with Crippen molar-refractivity contribution in [2.24, 2.45) is 0 Å². The van der Waals surface area contributed by atoms with Gasteiger partial charge in [-0.25, -0.2) is 0 Å². The Hall–Kier alpha value is -1.02. The summed E-state index contributed by atoms with van der Waals surface area (Å²) in [6.45, 7) is 4.48. The van der Waals surface area contributed by atoms with Crippen molar-refractivity contribution < 1.29 is 5.11 Å². The monoisotopic (exact) mass is 191 g/mol. The van der Waals surface area contributed by atoms with Gasteiger partial charge in [0.1, 0.15) is 0 Å². The molecule has 0 radical (unpaired) electrons. The minimum absolute atomic E-state index is 0.146. The second kappa shape index (κ2) is 4.01. The summed E-state index contributed by atoms with van der Waals surface area (Å²) >= 11 is 0. The maximum absolute atomic E-state index is 9.28. The Labute approximate surface area is 85.2 Å². The number of aliphatic hydroxyl groups excluding tert-OH is 1. The molecule has 0 saturated carbocycles. The number of rotatable bonds is 2. The largest absolute Gasteiger partial charge is 0.392 e. The van der Waals surface area contributed by atoms with Crippen molar-refractivity contribution in [3.8, 4) is 0 Å². The molecule has 2 heteroatoms. The van der Waals surface area contributed by atoms with Crippen LogP contribution in [-0.4, -0.2) is 18.2 Å². The fraction of sp³-hybridized carbons (Fsp3) is 0.500. The second-order valence-electron chi connectivity index (χ2n) is 3.98. The lowest BCUT2D eigenvalue weighted by atomic mass is 10.1. The molecule has 1 aromatic carbocycles. The molecule has 0 amide bonds. The minimum Gasteiger partial charge on any atom is -0.392 e. The lowest BCUT2D eigenvalue weighted by Gasteiger charge is -2.20. The Balaban J connectivity index is 2.31. The van der Waals surface area contributed by atoms with Crippen LogP contribution < -0.4 is 4.90 Å². The lowest BCUT2D eigenvalue weighted by molar-refractivity contribution is 0.282. The van der Waals surface area contributed by atoms with Crippen LogP contribution in [0.25, 0.3) is 0 Å². The van der Waals surface area contributed by atoms with Crippen LogP contribution in [0.15, 0.2) is 18.2 Å². The Morgan fingerprint density at radius 3 is 2.64 bits per heavy atom. The Kier molecular flexibility index (Phi) is 2.73. The van der Waals surface area contributed by atoms with Crippen LogP contribution in [0.2, 0.25) is 0 Å². The van der Waals surface area contributed by atoms with Gasteiger partial charge >= 0.3 is 0 Å². The standard InChI is InChI=1S/C12H17NO/c1-10-4-5-12(11(8-10)9-14)13-6-2-3-7-13/h4-5,8,14H,2-3,6-7,9H2,1H3. The van der Waals surface area contributed by atoms with E-state index in [4.69, 9.17) is 0 Å². The smallest absolute Gasteiger partial charge is 0.0702 e. The highest BCUT2D eigenvalue weighted by Gasteiger charge is 2.14. The van der Waals surface area contributed by atoms with Crippen molar-refractivity contribution in [2.45, 2.75) is 26.4 Å². The number of nitrogens with zero attached hydrogens (tertiary/aromatic N) is 1. The molecule has 2 nitrogen and oxygen atoms in total. The fourth-order valence-electron chi connectivity index (χ4n) is 2.11. The van der Waals surface area contributed by atoms with Crippen LogP contribution in [0, 0.1) is 6.92 Å². The molecule has 0 aromatic heterocycles. The first-order chi connectivity index (χ1) is 6.81. The number of hydrogen-bond donors (Lipinski definition) is 1. The predicted octanol–water partition coefficient (Wildman–Crippen LogP) is 2.09. The zero-order valence-corrected chi connectivity index (χ0v) is 8.66. The molecule has 1 N–H and O–H groups in total. The molecule has 1 aliphatic heterocycles. The van der Waals surface area contributed by atoms with Gasteiger partial charge in [0.05, 0.1) is 6.61 Å². The molecule has 0 aliphatic carbocycles. The van der Waals surface area contributed by atoms with Gasteiger partial charge in [-0.1, -0.05) is 17.7 Å². The molecule has 0 bridgehead atoms. The van der Waals surface area contributed by atoms with E-state index in [1.54, 1.807) is 0 Å². The van der Waals surface area contributed by atoms with Crippen LogP contribution in [0.5, 0.6) is 0 Å². The molecular weight excluding hydrogens is 174 g/mol. The van der Waals surface area contributed by atoms with E-state index in [1.165, 1.54) is 24.1 Å². The van der Waals surface area contributed by atoms with Gasteiger partial charge in [0.2, 0.25) is 0 Å². The summed E-state index contributed by atoms with van der Waals surface area (Å²) in [7, 11) is 0. The Morgan fingerprint density at radius 2 is 2.00 bits per heavy atom. The third kappa shape index (κ3) is 1.75. The van der Waals surface area contributed by atoms with Gasteiger partial charge in [-0.05, 0) is 25.8 Å². The first-order valence-corrected chi connectivity index (χ1v) is 5.26. The van der Waals surface area contributed by atoms with Gasteiger partial charge in [-0.15, -0.1) is 0 Å². The van der Waals surface area contributed by atoms with Crippen LogP contribution in [0.3, 0.4) is 0 Å². The van der Waals surface area contributed by atoms with Crippen molar-refractivity contribution in [3.05, 3.63) is 29.3 Å². The summed E-state index contributed by atoms with van der Waals surface area (Å²) < 4.78 is 0. The molecule has 2 rings (SSSR count). The molecular formula is C12H17NO. The minimum atomic E-state index is 0.146. The summed E-state index contributed by atoms with van der Waals surface area (Å²) in [6.07, 6.45) is 2.55. The van der Waals surface area contributed by atoms with Crippen molar-refractivity contribution in [1.29, 1.82) is 0 Å². The van der Waals surface area contributed by atoms with E-state index in [0.717, 1.165) is 18.7 Å². The molecule has 14 heavy (non-hydrogen) atoms. The predicted molar refractivity (Wildman–Crippen MR) is 58.5 cm³/mol. The van der Waals surface area contributed by atoms with Gasteiger partial charge < -0.3 is 10.0 Å². The van der Waals surface area contributed by atoms with Crippen LogP contribution >= 0.6 is 0 Å². The van der Waals surface area contributed by atoms with Crippen molar-refractivity contribution >= 4 is 5.69 Å². The highest BCUT2D eigenvalue weighted by Crippen LogP contribution is 2.25. The summed E-state index contributed by atoms with van der Waals surface area (Å²) in [5.41, 5.74) is 3.50. The highest BCUT2D eigenvalue weighted by molar-refractivity contribution is 5.55. The molecule has 1 fully saturated rings. The Morgan fingerprint density at radius 1 is 1.29 bits per heavy atom. The SMILES string of the molecule is Cc1ccc(N2CCCC2)c(CO)c1. The average molecular weight is 191 g/mol. The third-order valence-corrected chi connectivity index (χ3v) is 2.85. The van der Waals surface area contributed by atoms with E-state index in [9.17, 15) is 5.11 Å². The van der Waals surface area contributed by atoms with Crippen LogP contribution in [0.1, 0.15) is 24.0 Å². The van der Waals surface area contributed by atoms with Gasteiger partial charge in [-0.2, -0.15) is 0 Å². The first-order valence-electron chi connectivity index (χ1n) is 5.26. The molecule has 76 valence electrons. The summed E-state index contributed by atoms with van der Waals surface area (Å²) in [5, 5.41) is 9.28. The van der Waals surface area contributed by atoms with Crippen molar-refractivity contribution in [3.63, 3.8) is 0 Å². The quantitative estimate of drug-likeness (QED) is 0.773. The molecule has 1 heterocycles. The molecule has 0 spiro atoms. The molecule has 0 unspecified atom stereocenters. The fourth-order valence-corrected chi connectivity index (χ4v) is 2.11. The zero-order valence-electron chi connectivity index (χ0n) is 8.66. The maximum Gasteiger partial charge on any atom is 0.0702 e. The third-order valence-electron chi connectivity index (χ3n) is 2.85.